The van der Waals surface area contributed by atoms with Gasteiger partial charge in [0.15, 0.2) is 0 Å². The molecule has 0 aliphatic carbocycles. The van der Waals surface area contributed by atoms with Crippen LogP contribution in [-0.2, 0) is 0 Å². The fourth-order valence-corrected chi connectivity index (χ4v) is 9.28. The average molecular weight is 709 g/mol. The van der Waals surface area contributed by atoms with Gasteiger partial charge in [0, 0.05) is 43.3 Å². The van der Waals surface area contributed by atoms with Crippen molar-refractivity contribution >= 4 is 81.5 Å². The van der Waals surface area contributed by atoms with Crippen molar-refractivity contribution in [3.8, 4) is 27.9 Å². The van der Waals surface area contributed by atoms with E-state index >= 15 is 0 Å². The molecule has 0 spiro atoms. The smallest absolute Gasteiger partial charge is 0.213 e. The van der Waals surface area contributed by atoms with Crippen LogP contribution in [0.15, 0.2) is 199 Å². The lowest BCUT2D eigenvalue weighted by Gasteiger charge is -2.26. The van der Waals surface area contributed by atoms with Crippen LogP contribution in [0.2, 0.25) is 0 Å². The molecule has 4 heteroatoms. The molecule has 0 bridgehead atoms. The normalized spacial score (nSPS) is 11.7. The highest BCUT2D eigenvalue weighted by molar-refractivity contribution is 7.26. The predicted octanol–water partition coefficient (Wildman–Crippen LogP) is 14.7. The topological polar surface area (TPSA) is 21.3 Å². The molecule has 0 aliphatic heterocycles. The quantitative estimate of drug-likeness (QED) is 0.171. The van der Waals surface area contributed by atoms with E-state index in [0.717, 1.165) is 55.8 Å². The van der Waals surface area contributed by atoms with Crippen LogP contribution >= 0.6 is 11.3 Å². The minimum absolute atomic E-state index is 0.870. The maximum Gasteiger partial charge on any atom is 0.213 e. The summed E-state index contributed by atoms with van der Waals surface area (Å²) in [5.41, 5.74) is 12.1. The van der Waals surface area contributed by atoms with E-state index in [4.69, 9.17) is 4.42 Å². The summed E-state index contributed by atoms with van der Waals surface area (Å²) in [6.07, 6.45) is 0. The number of rotatable bonds is 6. The molecule has 0 amide bonds. The van der Waals surface area contributed by atoms with Gasteiger partial charge in [-0.05, 0) is 82.9 Å². The zero-order valence-electron chi connectivity index (χ0n) is 29.2. The largest absolute Gasteiger partial charge is 0.439 e. The minimum atomic E-state index is 0.870. The molecule has 11 rings (SSSR count). The lowest BCUT2D eigenvalue weighted by Crippen LogP contribution is -2.10. The van der Waals surface area contributed by atoms with Crippen LogP contribution in [0, 0.1) is 0 Å². The number of benzene rings is 8. The fraction of sp³-hybridized carbons (Fsp3) is 0. The number of hydrogen-bond acceptors (Lipinski definition) is 3. The second-order valence-electron chi connectivity index (χ2n) is 13.7. The Labute approximate surface area is 316 Å². The molecule has 0 radical (unpaired) electrons. The summed E-state index contributed by atoms with van der Waals surface area (Å²) in [7, 11) is 0. The van der Waals surface area contributed by atoms with Gasteiger partial charge in [-0.15, -0.1) is 11.3 Å². The van der Waals surface area contributed by atoms with Crippen LogP contribution in [0.4, 0.5) is 17.1 Å². The van der Waals surface area contributed by atoms with E-state index in [1.54, 1.807) is 0 Å². The van der Waals surface area contributed by atoms with Crippen LogP contribution in [0.3, 0.4) is 0 Å². The number of thiophene rings is 1. The van der Waals surface area contributed by atoms with Crippen molar-refractivity contribution in [1.82, 2.24) is 4.57 Å². The molecular weight excluding hydrogens is 677 g/mol. The van der Waals surface area contributed by atoms with Crippen LogP contribution in [0.5, 0.6) is 0 Å². The molecule has 0 aliphatic rings. The first-order valence-electron chi connectivity index (χ1n) is 18.3. The Morgan fingerprint density at radius 3 is 1.80 bits per heavy atom. The van der Waals surface area contributed by atoms with Crippen LogP contribution in [-0.4, -0.2) is 4.57 Å². The summed E-state index contributed by atoms with van der Waals surface area (Å²) in [5.74, 6) is 0. The zero-order chi connectivity index (χ0) is 35.6. The number of fused-ring (bicyclic) bond motifs is 8. The van der Waals surface area contributed by atoms with Gasteiger partial charge in [-0.1, -0.05) is 133 Å². The van der Waals surface area contributed by atoms with Gasteiger partial charge < -0.3 is 9.32 Å². The molecule has 11 aromatic rings. The molecule has 8 aromatic carbocycles. The van der Waals surface area contributed by atoms with Crippen LogP contribution < -0.4 is 4.90 Å². The molecule has 3 nitrogen and oxygen atoms in total. The summed E-state index contributed by atoms with van der Waals surface area (Å²) in [6, 6.07) is 69.6. The van der Waals surface area contributed by atoms with Crippen molar-refractivity contribution in [3.05, 3.63) is 194 Å². The zero-order valence-corrected chi connectivity index (χ0v) is 30.0. The van der Waals surface area contributed by atoms with E-state index in [9.17, 15) is 0 Å². The number of nitrogens with zero attached hydrogens (tertiary/aromatic N) is 2. The van der Waals surface area contributed by atoms with Crippen molar-refractivity contribution < 1.29 is 4.42 Å². The Morgan fingerprint density at radius 1 is 0.444 bits per heavy atom. The first kappa shape index (κ1) is 30.7. The Hall–Kier alpha value is -6.88. The first-order chi connectivity index (χ1) is 26.8. The molecule has 3 heterocycles. The lowest BCUT2D eigenvalue weighted by atomic mass is 10.0. The van der Waals surface area contributed by atoms with E-state index in [1.807, 2.05) is 17.4 Å². The van der Waals surface area contributed by atoms with Crippen molar-refractivity contribution in [2.24, 2.45) is 0 Å². The maximum atomic E-state index is 6.54. The van der Waals surface area contributed by atoms with Crippen molar-refractivity contribution in [1.29, 1.82) is 0 Å². The molecule has 54 heavy (non-hydrogen) atoms. The molecular formula is C50H32N2OS. The molecule has 0 saturated carbocycles. The van der Waals surface area contributed by atoms with E-state index in [0.29, 0.717) is 0 Å². The van der Waals surface area contributed by atoms with Gasteiger partial charge in [-0.2, -0.15) is 0 Å². The van der Waals surface area contributed by atoms with Crippen molar-refractivity contribution in [3.63, 3.8) is 0 Å². The van der Waals surface area contributed by atoms with E-state index in [1.165, 1.54) is 42.4 Å². The van der Waals surface area contributed by atoms with Gasteiger partial charge in [0.2, 0.25) is 5.71 Å². The summed E-state index contributed by atoms with van der Waals surface area (Å²) in [4.78, 5) is 2.40. The third-order valence-corrected chi connectivity index (χ3v) is 11.8. The molecule has 0 saturated heterocycles. The third-order valence-electron chi connectivity index (χ3n) is 10.6. The Bertz CT molecular complexity index is 3140. The lowest BCUT2D eigenvalue weighted by molar-refractivity contribution is 0.645. The molecule has 0 unspecified atom stereocenters. The fourth-order valence-electron chi connectivity index (χ4n) is 8.07. The Balaban J connectivity index is 1.05. The molecule has 3 aromatic heterocycles. The van der Waals surface area contributed by atoms with Gasteiger partial charge >= 0.3 is 0 Å². The SMILES string of the molecule is c1ccc(-c2ccc(N(c3ccc(-c4ccc5c6c7ccccc7oc6n(-c6ccccc6)c5c4)cc3)c3cccc4c3sc3ccccc34)cc2)cc1. The highest BCUT2D eigenvalue weighted by Gasteiger charge is 2.21. The number of hydrogen-bond donors (Lipinski definition) is 0. The Morgan fingerprint density at radius 2 is 1.04 bits per heavy atom. The van der Waals surface area contributed by atoms with Gasteiger partial charge in [0.1, 0.15) is 5.58 Å². The second-order valence-corrected chi connectivity index (χ2v) is 14.8. The van der Waals surface area contributed by atoms with Crippen molar-refractivity contribution in [2.75, 3.05) is 4.90 Å². The molecule has 254 valence electrons. The summed E-state index contributed by atoms with van der Waals surface area (Å²) >= 11 is 1.86. The Kier molecular flexibility index (Phi) is 7.04. The van der Waals surface area contributed by atoms with E-state index in [2.05, 4.69) is 198 Å². The van der Waals surface area contributed by atoms with Gasteiger partial charge in [-0.25, -0.2) is 0 Å². The monoisotopic (exact) mass is 708 g/mol. The third kappa shape index (κ3) is 4.88. The average Bonchev–Trinajstić information content (AvgIpc) is 3.91. The highest BCUT2D eigenvalue weighted by Crippen LogP contribution is 2.46. The molecule has 0 fully saturated rings. The van der Waals surface area contributed by atoms with Crippen molar-refractivity contribution in [2.45, 2.75) is 0 Å². The van der Waals surface area contributed by atoms with Crippen LogP contribution in [0.1, 0.15) is 0 Å². The van der Waals surface area contributed by atoms with Gasteiger partial charge in [0.25, 0.3) is 0 Å². The molecule has 0 atom stereocenters. The second kappa shape index (κ2) is 12.4. The number of aromatic nitrogens is 1. The summed E-state index contributed by atoms with van der Waals surface area (Å²) in [5, 5.41) is 6.04. The highest BCUT2D eigenvalue weighted by atomic mass is 32.1. The maximum absolute atomic E-state index is 6.54. The molecule has 0 N–H and O–H groups in total. The summed E-state index contributed by atoms with van der Waals surface area (Å²) in [6.45, 7) is 0. The van der Waals surface area contributed by atoms with E-state index < -0.39 is 0 Å². The van der Waals surface area contributed by atoms with Gasteiger partial charge in [0.05, 0.1) is 21.3 Å². The number of anilines is 3. The summed E-state index contributed by atoms with van der Waals surface area (Å²) < 4.78 is 11.4. The van der Waals surface area contributed by atoms with E-state index in [-0.39, 0.29) is 0 Å². The predicted molar refractivity (Wildman–Crippen MR) is 229 cm³/mol. The number of furan rings is 1. The first-order valence-corrected chi connectivity index (χ1v) is 19.1. The van der Waals surface area contributed by atoms with Gasteiger partial charge in [-0.3, -0.25) is 4.57 Å². The minimum Gasteiger partial charge on any atom is -0.439 e. The number of para-hydroxylation sites is 2. The van der Waals surface area contributed by atoms with Crippen LogP contribution in [0.25, 0.3) is 81.1 Å². The standard InChI is InChI=1S/C50H32N2OS/c1-3-12-33(13-4-1)34-22-27-38(28-23-34)51(44-19-11-18-41-40-16-8-10-21-47(40)54-49(41)44)39-29-24-35(25-30-39)36-26-31-42-45(32-36)52(37-14-5-2-6-15-37)50-48(42)43-17-7-9-20-46(43)53-50/h1-32H.